The maximum Gasteiger partial charge on any atom is 0.421 e. The number of pyridine rings is 1. The first-order valence-electron chi connectivity index (χ1n) is 10.9. The molecule has 2 aromatic rings. The lowest BCUT2D eigenvalue weighted by molar-refractivity contribution is -0.136. The number of nitrogen functional groups attached to an aromatic ring is 1. The number of nitrogens with one attached hydrogen (secondary N) is 1. The first-order chi connectivity index (χ1) is 15.9. The summed E-state index contributed by atoms with van der Waals surface area (Å²) >= 11 is 0. The van der Waals surface area contributed by atoms with E-state index in [4.69, 9.17) is 5.73 Å². The van der Waals surface area contributed by atoms with Crippen LogP contribution in [0.2, 0.25) is 0 Å². The number of hydrogen-bond donors (Lipinski definition) is 2. The summed E-state index contributed by atoms with van der Waals surface area (Å²) in [6, 6.07) is 4.79. The van der Waals surface area contributed by atoms with Crippen LogP contribution in [-0.2, 0) is 26.7 Å². The Morgan fingerprint density at radius 1 is 1.18 bits per heavy atom. The third-order valence-electron chi connectivity index (χ3n) is 7.26. The molecule has 0 radical (unpaired) electrons. The summed E-state index contributed by atoms with van der Waals surface area (Å²) in [4.78, 5) is 17.8. The number of rotatable bonds is 2. The third kappa shape index (κ3) is 3.46. The van der Waals surface area contributed by atoms with Crippen molar-refractivity contribution in [2.75, 3.05) is 41.6 Å². The normalized spacial score (nSPS) is 21.1. The maximum atomic E-state index is 14.2. The molecule has 3 N–H and O–H groups in total. The first-order valence-corrected chi connectivity index (χ1v) is 12.5. The van der Waals surface area contributed by atoms with Gasteiger partial charge in [-0.05, 0) is 42.5 Å². The Balaban J connectivity index is 1.61. The average molecular weight is 496 g/mol. The second-order valence-corrected chi connectivity index (χ2v) is 11.1. The number of sulfonamides is 1. The van der Waals surface area contributed by atoms with Crippen molar-refractivity contribution in [1.82, 2.24) is 10.3 Å². The van der Waals surface area contributed by atoms with Gasteiger partial charge in [0.2, 0.25) is 15.9 Å². The van der Waals surface area contributed by atoms with E-state index in [9.17, 15) is 26.4 Å². The molecule has 2 fully saturated rings. The summed E-state index contributed by atoms with van der Waals surface area (Å²) in [7, 11) is -2.05. The van der Waals surface area contributed by atoms with Gasteiger partial charge in [-0.15, -0.1) is 0 Å². The monoisotopic (exact) mass is 495 g/mol. The van der Waals surface area contributed by atoms with Gasteiger partial charge in [-0.25, -0.2) is 13.4 Å². The highest BCUT2D eigenvalue weighted by Gasteiger charge is 2.46. The summed E-state index contributed by atoms with van der Waals surface area (Å²) in [5, 5.41) is 2.83. The Labute approximate surface area is 195 Å². The van der Waals surface area contributed by atoms with Crippen LogP contribution >= 0.6 is 0 Å². The molecule has 0 unspecified atom stereocenters. The van der Waals surface area contributed by atoms with E-state index in [0.29, 0.717) is 42.6 Å². The van der Waals surface area contributed by atoms with E-state index in [1.54, 1.807) is 23.1 Å². The molecule has 0 saturated carbocycles. The minimum Gasteiger partial charge on any atom is -0.383 e. The number of nitrogens with two attached hydrogens (primary N) is 1. The molecule has 1 aromatic carbocycles. The lowest BCUT2D eigenvalue weighted by Crippen LogP contribution is -2.44. The minimum absolute atomic E-state index is 0.0402. The molecular formula is C22H24F3N5O3S. The summed E-state index contributed by atoms with van der Waals surface area (Å²) in [6.45, 7) is 1.09. The smallest absolute Gasteiger partial charge is 0.383 e. The van der Waals surface area contributed by atoms with Gasteiger partial charge in [-0.1, -0.05) is 6.07 Å². The van der Waals surface area contributed by atoms with E-state index in [1.165, 1.54) is 17.5 Å². The highest BCUT2D eigenvalue weighted by atomic mass is 32.2. The number of benzene rings is 1. The number of piperidine rings is 1. The minimum atomic E-state index is -4.75. The van der Waals surface area contributed by atoms with Crippen molar-refractivity contribution in [3.63, 3.8) is 0 Å². The van der Waals surface area contributed by atoms with E-state index in [0.717, 1.165) is 0 Å². The SMILES string of the molecule is CN1c2ccc(-c3cnc(N)c(C(F)(F)F)c3N3CCC4(CCNC4=O)CC3)cc2CS1(=O)=O. The van der Waals surface area contributed by atoms with Gasteiger partial charge in [0.1, 0.15) is 11.4 Å². The Morgan fingerprint density at radius 3 is 2.50 bits per heavy atom. The third-order valence-corrected chi connectivity index (χ3v) is 8.96. The quantitative estimate of drug-likeness (QED) is 0.663. The highest BCUT2D eigenvalue weighted by molar-refractivity contribution is 7.92. The number of halogens is 3. The predicted octanol–water partition coefficient (Wildman–Crippen LogP) is 2.74. The molecule has 0 bridgehead atoms. The van der Waals surface area contributed by atoms with Gasteiger partial charge in [0, 0.05) is 38.4 Å². The Morgan fingerprint density at radius 2 is 1.88 bits per heavy atom. The van der Waals surface area contributed by atoms with E-state index in [-0.39, 0.29) is 36.0 Å². The zero-order chi connectivity index (χ0) is 24.5. The van der Waals surface area contributed by atoms with Gasteiger partial charge in [0.05, 0.1) is 22.5 Å². The fraction of sp³-hybridized carbons (Fsp3) is 0.455. The molecule has 0 atom stereocenters. The Hall–Kier alpha value is -3.02. The lowest BCUT2D eigenvalue weighted by Gasteiger charge is -2.40. The van der Waals surface area contributed by atoms with Crippen molar-refractivity contribution in [2.24, 2.45) is 5.41 Å². The molecule has 3 aliphatic rings. The van der Waals surface area contributed by atoms with Crippen molar-refractivity contribution in [2.45, 2.75) is 31.2 Å². The number of amides is 1. The van der Waals surface area contributed by atoms with Crippen LogP contribution in [0.5, 0.6) is 0 Å². The maximum absolute atomic E-state index is 14.2. The van der Waals surface area contributed by atoms with Crippen LogP contribution < -0.4 is 20.3 Å². The highest BCUT2D eigenvalue weighted by Crippen LogP contribution is 2.48. The molecule has 2 saturated heterocycles. The summed E-state index contributed by atoms with van der Waals surface area (Å²) in [5.74, 6) is -0.882. The van der Waals surface area contributed by atoms with Crippen LogP contribution in [0.1, 0.15) is 30.4 Å². The number of nitrogens with zero attached hydrogens (tertiary/aromatic N) is 3. The molecule has 1 amide bonds. The van der Waals surface area contributed by atoms with Crippen LogP contribution in [0.4, 0.5) is 30.4 Å². The van der Waals surface area contributed by atoms with Gasteiger partial charge < -0.3 is 16.0 Å². The van der Waals surface area contributed by atoms with Crippen molar-refractivity contribution < 1.29 is 26.4 Å². The first kappa shape index (κ1) is 22.8. The fourth-order valence-electron chi connectivity index (χ4n) is 5.31. The van der Waals surface area contributed by atoms with Gasteiger partial charge >= 0.3 is 6.18 Å². The standard InChI is InChI=1S/C22H24F3N5O3S/c1-29-16-3-2-13(10-14(16)12-34(29,32)33)15-11-28-19(26)17(22(23,24)25)18(15)30-8-5-21(6-9-30)4-7-27-20(21)31/h2-3,10-11H,4-9,12H2,1H3,(H2,26,28)(H,27,31). The molecule has 34 heavy (non-hydrogen) atoms. The molecular weight excluding hydrogens is 471 g/mol. The molecule has 182 valence electrons. The van der Waals surface area contributed by atoms with E-state index in [1.807, 2.05) is 0 Å². The second-order valence-electron chi connectivity index (χ2n) is 9.12. The summed E-state index contributed by atoms with van der Waals surface area (Å²) in [6.07, 6.45) is -1.90. The molecule has 3 aliphatic heterocycles. The molecule has 0 aliphatic carbocycles. The topological polar surface area (TPSA) is 109 Å². The Kier molecular flexibility index (Phi) is 5.01. The number of anilines is 3. The molecule has 5 rings (SSSR count). The molecule has 4 heterocycles. The summed E-state index contributed by atoms with van der Waals surface area (Å²) in [5.41, 5.74) is 5.76. The van der Waals surface area contributed by atoms with Gasteiger partial charge in [0.25, 0.3) is 0 Å². The number of carbonyl (C=O) groups excluding carboxylic acids is 1. The van der Waals surface area contributed by atoms with Gasteiger partial charge in [-0.2, -0.15) is 13.2 Å². The van der Waals surface area contributed by atoms with Crippen LogP contribution in [0.15, 0.2) is 24.4 Å². The molecule has 1 aromatic heterocycles. The van der Waals surface area contributed by atoms with Crippen LogP contribution in [0.3, 0.4) is 0 Å². The number of alkyl halides is 3. The predicted molar refractivity (Wildman–Crippen MR) is 122 cm³/mol. The van der Waals surface area contributed by atoms with E-state index >= 15 is 0 Å². The largest absolute Gasteiger partial charge is 0.421 e. The van der Waals surface area contributed by atoms with Crippen LogP contribution in [0, 0.1) is 5.41 Å². The fourth-order valence-corrected chi connectivity index (χ4v) is 6.60. The number of carbonyl (C=O) groups is 1. The average Bonchev–Trinajstić information content (AvgIpc) is 3.22. The molecule has 8 nitrogen and oxygen atoms in total. The van der Waals surface area contributed by atoms with E-state index < -0.39 is 33.0 Å². The number of fused-ring (bicyclic) bond motifs is 1. The van der Waals surface area contributed by atoms with Crippen molar-refractivity contribution in [3.05, 3.63) is 35.5 Å². The zero-order valence-electron chi connectivity index (χ0n) is 18.4. The lowest BCUT2D eigenvalue weighted by atomic mass is 9.77. The van der Waals surface area contributed by atoms with Gasteiger partial charge in [0.15, 0.2) is 0 Å². The molecule has 1 spiro atoms. The zero-order valence-corrected chi connectivity index (χ0v) is 19.3. The van der Waals surface area contributed by atoms with Crippen molar-refractivity contribution in [3.8, 4) is 11.1 Å². The van der Waals surface area contributed by atoms with Gasteiger partial charge in [-0.3, -0.25) is 9.10 Å². The van der Waals surface area contributed by atoms with Crippen LogP contribution in [-0.4, -0.2) is 46.0 Å². The number of aromatic nitrogens is 1. The van der Waals surface area contributed by atoms with E-state index in [2.05, 4.69) is 10.3 Å². The Bertz CT molecular complexity index is 1290. The van der Waals surface area contributed by atoms with Crippen molar-refractivity contribution in [1.29, 1.82) is 0 Å². The summed E-state index contributed by atoms with van der Waals surface area (Å²) < 4.78 is 68.3. The molecule has 12 heteroatoms. The van der Waals surface area contributed by atoms with Crippen molar-refractivity contribution >= 4 is 33.1 Å². The second kappa shape index (κ2) is 7.49. The van der Waals surface area contributed by atoms with Crippen LogP contribution in [0.25, 0.3) is 11.1 Å². The number of hydrogen-bond acceptors (Lipinski definition) is 6.